The average Bonchev–Trinajstić information content (AvgIpc) is 2.51. The predicted octanol–water partition coefficient (Wildman–Crippen LogP) is 3.08. The third kappa shape index (κ3) is 2.04. The predicted molar refractivity (Wildman–Crippen MR) is 72.0 cm³/mol. The molecule has 0 aliphatic heterocycles. The van der Waals surface area contributed by atoms with Crippen LogP contribution in [0.1, 0.15) is 24.0 Å². The molecule has 0 heterocycles. The van der Waals surface area contributed by atoms with Crippen LogP contribution in [0.2, 0.25) is 0 Å². The molecule has 0 atom stereocenters. The minimum atomic E-state index is 0.0898. The molecule has 2 rings (SSSR count). The van der Waals surface area contributed by atoms with Crippen molar-refractivity contribution < 1.29 is 0 Å². The number of nitriles is 4. The molecule has 4 nitrogen and oxygen atoms in total. The number of nitrogens with zero attached hydrogens (tertiary/aromatic N) is 4. The Bertz CT molecular complexity index is 698. The van der Waals surface area contributed by atoms with Crippen LogP contribution in [-0.2, 0) is 0 Å². The second-order valence-corrected chi connectivity index (χ2v) is 4.20. The van der Waals surface area contributed by atoms with Crippen molar-refractivity contribution in [2.75, 3.05) is 0 Å². The van der Waals surface area contributed by atoms with E-state index in [4.69, 9.17) is 21.0 Å². The summed E-state index contributed by atoms with van der Waals surface area (Å²) in [7, 11) is 0. The van der Waals surface area contributed by atoms with E-state index in [0.29, 0.717) is 24.0 Å². The van der Waals surface area contributed by atoms with Gasteiger partial charge < -0.3 is 0 Å². The second-order valence-electron chi connectivity index (χ2n) is 4.20. The Balaban J connectivity index is 2.78. The first-order valence-corrected chi connectivity index (χ1v) is 5.93. The van der Waals surface area contributed by atoms with Gasteiger partial charge in [0.1, 0.15) is 35.4 Å². The number of benzene rings is 1. The van der Waals surface area contributed by atoms with E-state index in [0.717, 1.165) is 11.1 Å². The lowest BCUT2D eigenvalue weighted by Crippen LogP contribution is -2.04. The van der Waals surface area contributed by atoms with Crippen molar-refractivity contribution in [3.63, 3.8) is 0 Å². The lowest BCUT2D eigenvalue weighted by atomic mass is 9.80. The van der Waals surface area contributed by atoms with Crippen LogP contribution < -0.4 is 0 Å². The van der Waals surface area contributed by atoms with Gasteiger partial charge in [0.15, 0.2) is 0 Å². The Hall–Kier alpha value is -3.34. The molecule has 0 radical (unpaired) electrons. The van der Waals surface area contributed by atoms with Gasteiger partial charge in [-0.2, -0.15) is 21.0 Å². The first-order valence-electron chi connectivity index (χ1n) is 5.93. The molecular formula is C16H8N4. The molecule has 0 N–H and O–H groups in total. The molecule has 1 aromatic carbocycles. The van der Waals surface area contributed by atoms with Crippen LogP contribution in [0.15, 0.2) is 35.4 Å². The molecule has 20 heavy (non-hydrogen) atoms. The van der Waals surface area contributed by atoms with Crippen molar-refractivity contribution in [3.8, 4) is 24.3 Å². The van der Waals surface area contributed by atoms with E-state index in [-0.39, 0.29) is 11.1 Å². The average molecular weight is 256 g/mol. The zero-order valence-corrected chi connectivity index (χ0v) is 10.5. The molecule has 1 aromatic rings. The van der Waals surface area contributed by atoms with Crippen LogP contribution in [-0.4, -0.2) is 0 Å². The van der Waals surface area contributed by atoms with Gasteiger partial charge >= 0.3 is 0 Å². The minimum absolute atomic E-state index is 0.0898. The summed E-state index contributed by atoms with van der Waals surface area (Å²) in [6, 6.07) is 14.9. The molecule has 0 saturated carbocycles. The summed E-state index contributed by atoms with van der Waals surface area (Å²) in [5, 5.41) is 36.1. The Morgan fingerprint density at radius 1 is 0.700 bits per heavy atom. The maximum atomic E-state index is 9.02. The summed E-state index contributed by atoms with van der Waals surface area (Å²) >= 11 is 0. The highest BCUT2D eigenvalue weighted by atomic mass is 14.3. The van der Waals surface area contributed by atoms with Crippen LogP contribution in [0.5, 0.6) is 0 Å². The number of hydrogen-bond donors (Lipinski definition) is 0. The number of rotatable bonds is 0. The molecule has 92 valence electrons. The van der Waals surface area contributed by atoms with Gasteiger partial charge in [-0.3, -0.25) is 0 Å². The van der Waals surface area contributed by atoms with Crippen molar-refractivity contribution in [2.45, 2.75) is 12.8 Å². The van der Waals surface area contributed by atoms with Gasteiger partial charge in [0.05, 0.1) is 0 Å². The first kappa shape index (κ1) is 13.1. The van der Waals surface area contributed by atoms with Crippen molar-refractivity contribution in [1.29, 1.82) is 21.0 Å². The standard InChI is InChI=1S/C16H8N4/c17-7-11(8-18)13-5-6-14(12(9-19)10-20)16-4-2-1-3-15(13)16/h1-4H,5-6H2. The van der Waals surface area contributed by atoms with Gasteiger partial charge in [0, 0.05) is 0 Å². The van der Waals surface area contributed by atoms with E-state index in [9.17, 15) is 0 Å². The fourth-order valence-corrected chi connectivity index (χ4v) is 2.37. The Kier molecular flexibility index (Phi) is 3.63. The third-order valence-corrected chi connectivity index (χ3v) is 3.25. The van der Waals surface area contributed by atoms with E-state index in [1.165, 1.54) is 0 Å². The molecule has 1 aliphatic rings. The molecule has 0 bridgehead atoms. The summed E-state index contributed by atoms with van der Waals surface area (Å²) in [5.74, 6) is 0. The first-order chi connectivity index (χ1) is 9.76. The van der Waals surface area contributed by atoms with Gasteiger partial charge in [-0.1, -0.05) is 24.3 Å². The zero-order chi connectivity index (χ0) is 14.5. The highest BCUT2D eigenvalue weighted by molar-refractivity contribution is 5.90. The van der Waals surface area contributed by atoms with Crippen LogP contribution >= 0.6 is 0 Å². The fourth-order valence-electron chi connectivity index (χ4n) is 2.37. The molecule has 0 aromatic heterocycles. The smallest absolute Gasteiger partial charge is 0.133 e. The fraction of sp³-hybridized carbons (Fsp3) is 0.125. The van der Waals surface area contributed by atoms with E-state index < -0.39 is 0 Å². The molecule has 0 fully saturated rings. The molecule has 0 saturated heterocycles. The topological polar surface area (TPSA) is 95.2 Å². The van der Waals surface area contributed by atoms with E-state index in [2.05, 4.69) is 0 Å². The lowest BCUT2D eigenvalue weighted by molar-refractivity contribution is 1.04. The van der Waals surface area contributed by atoms with E-state index in [1.807, 2.05) is 48.5 Å². The molecule has 4 heteroatoms. The molecule has 1 aliphatic carbocycles. The lowest BCUT2D eigenvalue weighted by Gasteiger charge is -2.21. The van der Waals surface area contributed by atoms with Crippen LogP contribution in [0.3, 0.4) is 0 Å². The highest BCUT2D eigenvalue weighted by Gasteiger charge is 2.23. The van der Waals surface area contributed by atoms with Gasteiger partial charge in [-0.15, -0.1) is 0 Å². The Morgan fingerprint density at radius 2 is 1.05 bits per heavy atom. The maximum Gasteiger partial charge on any atom is 0.133 e. The van der Waals surface area contributed by atoms with Crippen molar-refractivity contribution in [1.82, 2.24) is 0 Å². The summed E-state index contributed by atoms with van der Waals surface area (Å²) in [5.41, 5.74) is 3.07. The molecule has 0 unspecified atom stereocenters. The Morgan fingerprint density at radius 3 is 1.35 bits per heavy atom. The number of hydrogen-bond acceptors (Lipinski definition) is 4. The monoisotopic (exact) mass is 256 g/mol. The summed E-state index contributed by atoms with van der Waals surface area (Å²) in [6.07, 6.45) is 0.964. The van der Waals surface area contributed by atoms with Crippen molar-refractivity contribution >= 4 is 11.1 Å². The van der Waals surface area contributed by atoms with Gasteiger partial charge in [-0.25, -0.2) is 0 Å². The number of allylic oxidation sites excluding steroid dienone is 4. The summed E-state index contributed by atoms with van der Waals surface area (Å²) in [6.45, 7) is 0. The summed E-state index contributed by atoms with van der Waals surface area (Å²) < 4.78 is 0. The normalized spacial score (nSPS) is 12.2. The molecule has 0 spiro atoms. The molecular weight excluding hydrogens is 248 g/mol. The second kappa shape index (κ2) is 5.53. The minimum Gasteiger partial charge on any atom is -0.192 e. The highest BCUT2D eigenvalue weighted by Crippen LogP contribution is 2.40. The quantitative estimate of drug-likeness (QED) is 0.666. The summed E-state index contributed by atoms with van der Waals surface area (Å²) in [4.78, 5) is 0. The van der Waals surface area contributed by atoms with Crippen LogP contribution in [0.4, 0.5) is 0 Å². The largest absolute Gasteiger partial charge is 0.192 e. The van der Waals surface area contributed by atoms with E-state index in [1.54, 1.807) is 0 Å². The number of fused-ring (bicyclic) bond motifs is 1. The van der Waals surface area contributed by atoms with Gasteiger partial charge in [0.25, 0.3) is 0 Å². The SMILES string of the molecule is N#CC(C#N)=C1CCC(=C(C#N)C#N)c2ccccc21. The van der Waals surface area contributed by atoms with Crippen LogP contribution in [0, 0.1) is 45.3 Å². The van der Waals surface area contributed by atoms with Gasteiger partial charge in [0.2, 0.25) is 0 Å². The van der Waals surface area contributed by atoms with E-state index >= 15 is 0 Å². The molecule has 0 amide bonds. The Labute approximate surface area is 116 Å². The maximum absolute atomic E-state index is 9.02. The zero-order valence-electron chi connectivity index (χ0n) is 10.5. The van der Waals surface area contributed by atoms with Crippen molar-refractivity contribution in [3.05, 3.63) is 46.5 Å². The van der Waals surface area contributed by atoms with Gasteiger partial charge in [-0.05, 0) is 35.1 Å². The van der Waals surface area contributed by atoms with Crippen LogP contribution in [0.25, 0.3) is 11.1 Å². The van der Waals surface area contributed by atoms with Crippen molar-refractivity contribution in [2.24, 2.45) is 0 Å². The third-order valence-electron chi connectivity index (χ3n) is 3.25.